The first kappa shape index (κ1) is 46.3. The number of piperidine rings is 2. The first-order valence-corrected chi connectivity index (χ1v) is 22.5. The summed E-state index contributed by atoms with van der Waals surface area (Å²) in [7, 11) is 6.28. The monoisotopic (exact) mass is 877 g/mol. The number of H-pyrrole nitrogens is 2. The molecule has 2 N–H and O–H groups in total. The molecule has 0 saturated carbocycles. The lowest BCUT2D eigenvalue weighted by molar-refractivity contribution is -0.0139. The lowest BCUT2D eigenvalue weighted by Crippen LogP contribution is -2.39. The van der Waals surface area contributed by atoms with Gasteiger partial charge in [0.2, 0.25) is 0 Å². The van der Waals surface area contributed by atoms with E-state index in [1.165, 1.54) is 58.4 Å². The summed E-state index contributed by atoms with van der Waals surface area (Å²) in [6, 6.07) is 24.4. The number of methoxy groups -OCH3 is 4. The molecule has 0 amide bonds. The quantitative estimate of drug-likeness (QED) is 0.102. The van der Waals surface area contributed by atoms with Crippen LogP contribution in [0.2, 0.25) is 0 Å². The molecular weight excluding hydrogens is 809 g/mol. The molecule has 0 radical (unpaired) electrons. The van der Waals surface area contributed by atoms with Crippen molar-refractivity contribution in [1.29, 1.82) is 0 Å². The zero-order valence-corrected chi connectivity index (χ0v) is 38.6. The third-order valence-corrected chi connectivity index (χ3v) is 13.0. The summed E-state index contributed by atoms with van der Waals surface area (Å²) in [5.41, 5.74) is 10.5. The maximum absolute atomic E-state index is 11.9. The fraction of sp³-hybridized carbons (Fsp3) is 0.423. The van der Waals surface area contributed by atoms with Crippen LogP contribution in [0.25, 0.3) is 21.8 Å². The summed E-state index contributed by atoms with van der Waals surface area (Å²) in [5.74, 6) is 1.20. The van der Waals surface area contributed by atoms with E-state index in [4.69, 9.17) is 28.4 Å². The Kier molecular flexibility index (Phi) is 15.5. The summed E-state index contributed by atoms with van der Waals surface area (Å²) >= 11 is 0. The van der Waals surface area contributed by atoms with Crippen LogP contribution in [0, 0.1) is 13.8 Å². The molecule has 4 aromatic carbocycles. The number of benzene rings is 4. The zero-order chi connectivity index (χ0) is 45.3. The summed E-state index contributed by atoms with van der Waals surface area (Å²) in [6.45, 7) is 13.1. The molecule has 6 aromatic rings. The smallest absolute Gasteiger partial charge is 0.337 e. The lowest BCUT2D eigenvalue weighted by atomic mass is 9.91. The maximum Gasteiger partial charge on any atom is 0.337 e. The molecule has 8 rings (SSSR count). The van der Waals surface area contributed by atoms with Crippen molar-refractivity contribution in [3.8, 4) is 11.5 Å². The van der Waals surface area contributed by atoms with E-state index in [0.717, 1.165) is 74.4 Å². The Hall–Kier alpha value is -5.66. The minimum Gasteiger partial charge on any atom is -0.496 e. The van der Waals surface area contributed by atoms with Gasteiger partial charge >= 0.3 is 11.9 Å². The maximum atomic E-state index is 11.9. The van der Waals surface area contributed by atoms with Crippen LogP contribution < -0.4 is 9.47 Å². The number of aryl methyl sites for hydroxylation is 2. The van der Waals surface area contributed by atoms with E-state index in [9.17, 15) is 9.59 Å². The number of nitrogens with one attached hydrogen (secondary N) is 2. The van der Waals surface area contributed by atoms with Crippen LogP contribution in [-0.4, -0.2) is 98.7 Å². The molecule has 4 atom stereocenters. The fourth-order valence-corrected chi connectivity index (χ4v) is 9.70. The lowest BCUT2D eigenvalue weighted by Gasteiger charge is -2.40. The molecule has 2 fully saturated rings. The second-order valence-corrected chi connectivity index (χ2v) is 16.7. The molecule has 4 heterocycles. The number of aromatic amines is 2. The first-order valence-electron chi connectivity index (χ1n) is 22.5. The number of rotatable bonds is 14. The Morgan fingerprint density at radius 1 is 0.609 bits per heavy atom. The Balaban J connectivity index is 0.000000240. The Bertz CT molecular complexity index is 2330. The second-order valence-electron chi connectivity index (χ2n) is 16.7. The average molecular weight is 877 g/mol. The summed E-state index contributed by atoms with van der Waals surface area (Å²) in [5, 5.41) is 2.40. The number of fused-ring (bicyclic) bond motifs is 2. The average Bonchev–Trinajstić information content (AvgIpc) is 4.04. The summed E-state index contributed by atoms with van der Waals surface area (Å²) in [4.78, 5) is 35.5. The van der Waals surface area contributed by atoms with Crippen molar-refractivity contribution in [2.24, 2.45) is 0 Å². The van der Waals surface area contributed by atoms with Gasteiger partial charge in [0, 0.05) is 99.7 Å². The molecule has 0 aliphatic carbocycles. The SMILES string of the molecule is CCO[C@@H]1CCN(Cc2c(OC)cc(C)c3[nH]ccc23)[C@@H](c2ccc(C(=O)OC)cc2)C1.CCO[C@H]1CCN(Cc2c(OC)cc(C)c3[nH]ccc23)[C@H](c2ccc(C(=O)OC)cc2)C1.[HH].[HH]. The number of carbonyl (C=O) groups excluding carboxylic acids is 2. The molecular formula is C52H68N4O8. The van der Waals surface area contributed by atoms with Crippen molar-refractivity contribution < 1.29 is 40.9 Å². The van der Waals surface area contributed by atoms with Crippen LogP contribution in [0.5, 0.6) is 11.5 Å². The third-order valence-electron chi connectivity index (χ3n) is 13.0. The third kappa shape index (κ3) is 10.2. The minimum absolute atomic E-state index is 0. The van der Waals surface area contributed by atoms with Gasteiger partial charge in [-0.15, -0.1) is 0 Å². The molecule has 12 nitrogen and oxygen atoms in total. The van der Waals surface area contributed by atoms with Gasteiger partial charge in [-0.1, -0.05) is 24.3 Å². The number of hydrogen-bond donors (Lipinski definition) is 2. The first-order chi connectivity index (χ1) is 31.1. The van der Waals surface area contributed by atoms with Crippen LogP contribution >= 0.6 is 0 Å². The van der Waals surface area contributed by atoms with E-state index in [0.29, 0.717) is 24.3 Å². The minimum atomic E-state index is -0.316. The van der Waals surface area contributed by atoms with Crippen LogP contribution in [-0.2, 0) is 32.0 Å². The van der Waals surface area contributed by atoms with Crippen molar-refractivity contribution in [1.82, 2.24) is 19.8 Å². The second kappa shape index (κ2) is 21.3. The van der Waals surface area contributed by atoms with Crippen molar-refractivity contribution in [2.45, 2.75) is 90.8 Å². The van der Waals surface area contributed by atoms with E-state index in [1.807, 2.05) is 74.8 Å². The highest BCUT2D eigenvalue weighted by atomic mass is 16.5. The normalized spacial score (nSPS) is 19.2. The van der Waals surface area contributed by atoms with E-state index in [1.54, 1.807) is 14.2 Å². The Labute approximate surface area is 380 Å². The van der Waals surface area contributed by atoms with Gasteiger partial charge in [0.1, 0.15) is 11.5 Å². The summed E-state index contributed by atoms with van der Waals surface area (Å²) in [6.07, 6.45) is 8.26. The van der Waals surface area contributed by atoms with E-state index >= 15 is 0 Å². The molecule has 0 spiro atoms. The molecule has 12 heteroatoms. The number of carbonyl (C=O) groups is 2. The van der Waals surface area contributed by atoms with Crippen molar-refractivity contribution >= 4 is 33.7 Å². The molecule has 344 valence electrons. The topological polar surface area (TPSA) is 128 Å². The van der Waals surface area contributed by atoms with Gasteiger partial charge in [-0.2, -0.15) is 0 Å². The van der Waals surface area contributed by atoms with Gasteiger partial charge < -0.3 is 38.4 Å². The molecule has 64 heavy (non-hydrogen) atoms. The Morgan fingerprint density at radius 3 is 1.34 bits per heavy atom. The highest BCUT2D eigenvalue weighted by Crippen LogP contribution is 2.40. The largest absolute Gasteiger partial charge is 0.496 e. The van der Waals surface area contributed by atoms with Gasteiger partial charge in [0.25, 0.3) is 0 Å². The Morgan fingerprint density at radius 2 is 1.00 bits per heavy atom. The van der Waals surface area contributed by atoms with Gasteiger partial charge in [-0.05, 0) is 124 Å². The number of likely N-dealkylation sites (tertiary alicyclic amines) is 2. The number of ether oxygens (including phenoxy) is 6. The summed E-state index contributed by atoms with van der Waals surface area (Å²) < 4.78 is 33.3. The zero-order valence-electron chi connectivity index (χ0n) is 38.6. The molecule has 2 saturated heterocycles. The van der Waals surface area contributed by atoms with Crippen LogP contribution in [0.15, 0.2) is 85.2 Å². The van der Waals surface area contributed by atoms with Gasteiger partial charge in [0.05, 0.1) is 51.8 Å². The van der Waals surface area contributed by atoms with Gasteiger partial charge in [-0.25, -0.2) is 9.59 Å². The molecule has 0 bridgehead atoms. The standard InChI is InChI=1S/2C26H32N2O4.2H2/c2*1-5-32-20-11-13-28(23(15-20)18-6-8-19(9-7-18)26(29)31-4)16-22-21-10-12-27-25(21)17(2)14-24(22)30-3;;/h2*6-10,12,14,20,23,27H,5,11,13,15-16H2,1-4H3;2*1H/t2*20-,23-;;/m10../s1. The molecule has 2 aliphatic rings. The molecule has 2 aromatic heterocycles. The van der Waals surface area contributed by atoms with Crippen molar-refractivity contribution in [3.05, 3.63) is 130 Å². The van der Waals surface area contributed by atoms with E-state index < -0.39 is 0 Å². The number of nitrogens with zero attached hydrogens (tertiary/aromatic N) is 2. The van der Waals surface area contributed by atoms with Gasteiger partial charge in [0.15, 0.2) is 0 Å². The molecule has 0 unspecified atom stereocenters. The van der Waals surface area contributed by atoms with Crippen LogP contribution in [0.4, 0.5) is 0 Å². The highest BCUT2D eigenvalue weighted by molar-refractivity contribution is 5.90. The number of hydrogen-bond acceptors (Lipinski definition) is 10. The van der Waals surface area contributed by atoms with Crippen molar-refractivity contribution in [3.63, 3.8) is 0 Å². The highest BCUT2D eigenvalue weighted by Gasteiger charge is 2.33. The molecule has 2 aliphatic heterocycles. The van der Waals surface area contributed by atoms with Gasteiger partial charge in [-0.3, -0.25) is 9.80 Å². The van der Waals surface area contributed by atoms with Crippen molar-refractivity contribution in [2.75, 3.05) is 54.7 Å². The number of aromatic nitrogens is 2. The van der Waals surface area contributed by atoms with Crippen LogP contribution in [0.3, 0.4) is 0 Å². The number of esters is 2. The predicted octanol–water partition coefficient (Wildman–Crippen LogP) is 10.5. The van der Waals surface area contributed by atoms with Crippen LogP contribution in [0.1, 0.15) is 109 Å². The fourth-order valence-electron chi connectivity index (χ4n) is 9.70. The van der Waals surface area contributed by atoms with E-state index in [-0.39, 0.29) is 39.1 Å². The van der Waals surface area contributed by atoms with E-state index in [2.05, 4.69) is 57.9 Å². The predicted molar refractivity (Wildman–Crippen MR) is 255 cm³/mol.